The third-order valence-corrected chi connectivity index (χ3v) is 4.86. The summed E-state index contributed by atoms with van der Waals surface area (Å²) in [5, 5.41) is 0. The molecule has 0 aliphatic rings. The molecule has 24 heavy (non-hydrogen) atoms. The maximum Gasteiger partial charge on any atom is 0.241 e. The number of primary amides is 1. The Labute approximate surface area is 141 Å². The van der Waals surface area contributed by atoms with Crippen LogP contribution >= 0.6 is 0 Å². The zero-order valence-corrected chi connectivity index (χ0v) is 14.1. The topological polar surface area (TPSA) is 98.5 Å². The minimum atomic E-state index is -3.86. The quantitative estimate of drug-likeness (QED) is 0.754. The van der Waals surface area contributed by atoms with Crippen molar-refractivity contribution in [1.29, 1.82) is 0 Å². The number of amides is 1. The number of ether oxygens (including phenoxy) is 1. The molecule has 0 aliphatic heterocycles. The Balaban J connectivity index is 2.16. The number of carbonyl (C=O) groups is 1. The van der Waals surface area contributed by atoms with Gasteiger partial charge in [-0.1, -0.05) is 30.3 Å². The smallest absolute Gasteiger partial charge is 0.241 e. The van der Waals surface area contributed by atoms with Crippen LogP contribution in [0.3, 0.4) is 0 Å². The van der Waals surface area contributed by atoms with Crippen LogP contribution in [0.2, 0.25) is 0 Å². The van der Waals surface area contributed by atoms with Crippen molar-refractivity contribution in [2.24, 2.45) is 5.73 Å². The summed E-state index contributed by atoms with van der Waals surface area (Å²) >= 11 is 0. The van der Waals surface area contributed by atoms with Crippen molar-refractivity contribution in [2.75, 3.05) is 6.61 Å². The molecule has 1 amide bonds. The molecule has 7 heteroatoms. The second-order valence-corrected chi connectivity index (χ2v) is 6.88. The number of carbonyl (C=O) groups excluding carboxylic acids is 1. The standard InChI is InChI=1S/C17H20N2O4S/c1-2-23-14-8-10-15(11-9-14)24(21,22)19-16(17(18)20)12-13-6-4-3-5-7-13/h3-11,16,19H,2,12H2,1H3,(H2,18,20)/t16-/m0/s1. The third-order valence-electron chi connectivity index (χ3n) is 3.37. The van der Waals surface area contributed by atoms with Crippen molar-refractivity contribution in [3.05, 3.63) is 60.2 Å². The van der Waals surface area contributed by atoms with Crippen molar-refractivity contribution in [2.45, 2.75) is 24.3 Å². The van der Waals surface area contributed by atoms with Gasteiger partial charge < -0.3 is 10.5 Å². The highest BCUT2D eigenvalue weighted by atomic mass is 32.2. The molecule has 0 aliphatic carbocycles. The first-order valence-corrected chi connectivity index (χ1v) is 8.99. The van der Waals surface area contributed by atoms with Gasteiger partial charge >= 0.3 is 0 Å². The van der Waals surface area contributed by atoms with Crippen LogP contribution < -0.4 is 15.2 Å². The van der Waals surface area contributed by atoms with Crippen molar-refractivity contribution in [3.8, 4) is 5.75 Å². The van der Waals surface area contributed by atoms with E-state index in [1.807, 2.05) is 25.1 Å². The van der Waals surface area contributed by atoms with Crippen molar-refractivity contribution >= 4 is 15.9 Å². The number of nitrogens with two attached hydrogens (primary N) is 1. The van der Waals surface area contributed by atoms with Gasteiger partial charge in [0.25, 0.3) is 0 Å². The minimum Gasteiger partial charge on any atom is -0.494 e. The molecule has 0 fully saturated rings. The maximum atomic E-state index is 12.4. The largest absolute Gasteiger partial charge is 0.494 e. The molecule has 0 aromatic heterocycles. The summed E-state index contributed by atoms with van der Waals surface area (Å²) in [4.78, 5) is 11.7. The van der Waals surface area contributed by atoms with Gasteiger partial charge in [-0.25, -0.2) is 8.42 Å². The summed E-state index contributed by atoms with van der Waals surface area (Å²) in [6.07, 6.45) is 0.187. The van der Waals surface area contributed by atoms with E-state index in [0.717, 1.165) is 5.56 Å². The number of benzene rings is 2. The van der Waals surface area contributed by atoms with E-state index >= 15 is 0 Å². The van der Waals surface area contributed by atoms with E-state index in [2.05, 4.69) is 4.72 Å². The average molecular weight is 348 g/mol. The third kappa shape index (κ3) is 4.81. The molecule has 1 atom stereocenters. The highest BCUT2D eigenvalue weighted by Crippen LogP contribution is 2.16. The summed E-state index contributed by atoms with van der Waals surface area (Å²) in [5.41, 5.74) is 6.16. The molecule has 0 bridgehead atoms. The van der Waals surface area contributed by atoms with Gasteiger partial charge in [0.2, 0.25) is 15.9 Å². The molecule has 128 valence electrons. The molecule has 0 saturated carbocycles. The normalized spacial score (nSPS) is 12.5. The number of sulfonamides is 1. The molecular formula is C17H20N2O4S. The molecule has 0 unspecified atom stereocenters. The Morgan fingerprint density at radius 2 is 1.75 bits per heavy atom. The number of nitrogens with one attached hydrogen (secondary N) is 1. The molecule has 2 rings (SSSR count). The first kappa shape index (κ1) is 18.0. The highest BCUT2D eigenvalue weighted by molar-refractivity contribution is 7.89. The van der Waals surface area contributed by atoms with E-state index < -0.39 is 22.0 Å². The lowest BCUT2D eigenvalue weighted by Crippen LogP contribution is -2.45. The van der Waals surface area contributed by atoms with Crippen molar-refractivity contribution in [1.82, 2.24) is 4.72 Å². The van der Waals surface area contributed by atoms with Gasteiger partial charge in [0, 0.05) is 0 Å². The zero-order chi connectivity index (χ0) is 17.6. The average Bonchev–Trinajstić information content (AvgIpc) is 2.56. The Bertz CT molecular complexity index is 774. The van der Waals surface area contributed by atoms with E-state index in [4.69, 9.17) is 10.5 Å². The van der Waals surface area contributed by atoms with Gasteiger partial charge in [-0.15, -0.1) is 0 Å². The lowest BCUT2D eigenvalue weighted by Gasteiger charge is -2.16. The second-order valence-electron chi connectivity index (χ2n) is 5.17. The van der Waals surface area contributed by atoms with Gasteiger partial charge in [-0.3, -0.25) is 4.79 Å². The predicted molar refractivity (Wildman–Crippen MR) is 91.1 cm³/mol. The Morgan fingerprint density at radius 3 is 2.29 bits per heavy atom. The summed E-state index contributed by atoms with van der Waals surface area (Å²) in [6, 6.07) is 14.0. The Morgan fingerprint density at radius 1 is 1.12 bits per heavy atom. The van der Waals surface area contributed by atoms with E-state index in [0.29, 0.717) is 12.4 Å². The fourth-order valence-electron chi connectivity index (χ4n) is 2.19. The molecule has 0 spiro atoms. The summed E-state index contributed by atoms with van der Waals surface area (Å²) < 4.78 is 32.5. The van der Waals surface area contributed by atoms with E-state index in [1.165, 1.54) is 12.1 Å². The SMILES string of the molecule is CCOc1ccc(S(=O)(=O)N[C@@H](Cc2ccccc2)C(N)=O)cc1. The van der Waals surface area contributed by atoms with Gasteiger partial charge in [0.05, 0.1) is 11.5 Å². The van der Waals surface area contributed by atoms with Crippen LogP contribution in [0.25, 0.3) is 0 Å². The van der Waals surface area contributed by atoms with Crippen LogP contribution in [-0.4, -0.2) is 27.0 Å². The van der Waals surface area contributed by atoms with Crippen LogP contribution in [0, 0.1) is 0 Å². The van der Waals surface area contributed by atoms with Gasteiger partial charge in [-0.2, -0.15) is 4.72 Å². The van der Waals surface area contributed by atoms with E-state index in [-0.39, 0.29) is 11.3 Å². The highest BCUT2D eigenvalue weighted by Gasteiger charge is 2.24. The molecule has 0 saturated heterocycles. The summed E-state index contributed by atoms with van der Waals surface area (Å²) in [7, 11) is -3.86. The van der Waals surface area contributed by atoms with Crippen molar-refractivity contribution in [3.63, 3.8) is 0 Å². The molecule has 0 radical (unpaired) electrons. The fourth-order valence-corrected chi connectivity index (χ4v) is 3.39. The lowest BCUT2D eigenvalue weighted by molar-refractivity contribution is -0.119. The van der Waals surface area contributed by atoms with Crippen LogP contribution in [-0.2, 0) is 21.2 Å². The van der Waals surface area contributed by atoms with Crippen LogP contribution in [0.1, 0.15) is 12.5 Å². The summed E-state index contributed by atoms with van der Waals surface area (Å²) in [6.45, 7) is 2.33. The first-order chi connectivity index (χ1) is 11.4. The van der Waals surface area contributed by atoms with E-state index in [1.54, 1.807) is 24.3 Å². The number of hydrogen-bond acceptors (Lipinski definition) is 4. The van der Waals surface area contributed by atoms with E-state index in [9.17, 15) is 13.2 Å². The lowest BCUT2D eigenvalue weighted by atomic mass is 10.1. The van der Waals surface area contributed by atoms with Gasteiger partial charge in [-0.05, 0) is 43.2 Å². The van der Waals surface area contributed by atoms with Gasteiger partial charge in [0.1, 0.15) is 11.8 Å². The zero-order valence-electron chi connectivity index (χ0n) is 13.3. The molecule has 6 nitrogen and oxygen atoms in total. The van der Waals surface area contributed by atoms with Crippen LogP contribution in [0.15, 0.2) is 59.5 Å². The predicted octanol–water partition coefficient (Wildman–Crippen LogP) is 1.46. The Hall–Kier alpha value is -2.38. The molecule has 2 aromatic rings. The number of rotatable bonds is 8. The summed E-state index contributed by atoms with van der Waals surface area (Å²) in [5.74, 6) is -0.152. The molecular weight excluding hydrogens is 328 g/mol. The van der Waals surface area contributed by atoms with Crippen LogP contribution in [0.4, 0.5) is 0 Å². The fraction of sp³-hybridized carbons (Fsp3) is 0.235. The monoisotopic (exact) mass is 348 g/mol. The molecule has 3 N–H and O–H groups in total. The van der Waals surface area contributed by atoms with Crippen molar-refractivity contribution < 1.29 is 17.9 Å². The molecule has 0 heterocycles. The van der Waals surface area contributed by atoms with Crippen LogP contribution in [0.5, 0.6) is 5.75 Å². The van der Waals surface area contributed by atoms with Gasteiger partial charge in [0.15, 0.2) is 0 Å². The second kappa shape index (κ2) is 7.94. The maximum absolute atomic E-state index is 12.4. The first-order valence-electron chi connectivity index (χ1n) is 7.51. The minimum absolute atomic E-state index is 0.0465. The Kier molecular flexibility index (Phi) is 5.94. The molecule has 2 aromatic carbocycles. The number of hydrogen-bond donors (Lipinski definition) is 2.